The molecule has 0 saturated carbocycles. The van der Waals surface area contributed by atoms with Crippen molar-refractivity contribution >= 4 is 25.1 Å². The minimum absolute atomic E-state index is 0.296. The Morgan fingerprint density at radius 1 is 0.793 bits per heavy atom. The van der Waals surface area contributed by atoms with Gasteiger partial charge in [0.2, 0.25) is 0 Å². The third-order valence-corrected chi connectivity index (χ3v) is 12.7. The van der Waals surface area contributed by atoms with Gasteiger partial charge in [-0.1, -0.05) is 75.8 Å². The average molecular weight is 521 g/mol. The number of rotatable bonds is 0. The maximum atomic E-state index is 4.93. The van der Waals surface area contributed by atoms with Crippen molar-refractivity contribution in [2.45, 2.75) is 51.9 Å². The number of fused-ring (bicyclic) bond motifs is 6. The molecule has 1 heterocycles. The molecule has 0 bridgehead atoms. The van der Waals surface area contributed by atoms with Crippen molar-refractivity contribution in [2.24, 2.45) is 17.3 Å². The van der Waals surface area contributed by atoms with E-state index in [-0.39, 0.29) is 0 Å². The summed E-state index contributed by atoms with van der Waals surface area (Å²) >= 11 is -0.826. The molecule has 2 aromatic carbocycles. The maximum absolute atomic E-state index is 4.93. The number of benzene rings is 2. The van der Waals surface area contributed by atoms with Gasteiger partial charge in [-0.2, -0.15) is 35.1 Å². The van der Waals surface area contributed by atoms with E-state index in [2.05, 4.69) is 89.3 Å². The topological polar surface area (TPSA) is 0 Å². The Hall–Kier alpha value is -0.140. The standard InChI is InChI=1S/C25H30Si.2ClH.Zr/c1-15-17-11-7-9-13-19(17)23-21(15)25(3,4)22-16(2)18-12-8-10-14-20(18)24(22)26(23,5)6;;;/h7-14,21-24H,1-6H3;2*1H;/q-2;;;+4/p-2. The summed E-state index contributed by atoms with van der Waals surface area (Å²) in [6, 6.07) is 18.6. The Labute approximate surface area is 196 Å². The normalized spacial score (nSPS) is 29.7. The van der Waals surface area contributed by atoms with Crippen LogP contribution < -0.4 is 0 Å². The average Bonchev–Trinajstić information content (AvgIpc) is 3.17. The molecule has 5 rings (SSSR count). The summed E-state index contributed by atoms with van der Waals surface area (Å²) in [5.41, 5.74) is 8.21. The van der Waals surface area contributed by atoms with Crippen LogP contribution in [0.5, 0.6) is 0 Å². The Morgan fingerprint density at radius 2 is 1.14 bits per heavy atom. The Kier molecular flexibility index (Phi) is 5.91. The third kappa shape index (κ3) is 3.07. The second-order valence-corrected chi connectivity index (χ2v) is 18.8. The van der Waals surface area contributed by atoms with Crippen molar-refractivity contribution in [3.8, 4) is 0 Å². The molecule has 1 fully saturated rings. The molecule has 1 aliphatic heterocycles. The van der Waals surface area contributed by atoms with Crippen molar-refractivity contribution in [2.75, 3.05) is 0 Å². The molecule has 1 saturated heterocycles. The summed E-state index contributed by atoms with van der Waals surface area (Å²) in [4.78, 5) is 0. The van der Waals surface area contributed by atoms with E-state index >= 15 is 0 Å². The van der Waals surface area contributed by atoms with Crippen molar-refractivity contribution in [3.63, 3.8) is 0 Å². The van der Waals surface area contributed by atoms with Crippen LogP contribution in [0.1, 0.15) is 61.0 Å². The van der Waals surface area contributed by atoms with Crippen LogP contribution in [0.3, 0.4) is 0 Å². The van der Waals surface area contributed by atoms with Crippen LogP contribution in [0.2, 0.25) is 13.1 Å². The summed E-state index contributed by atoms with van der Waals surface area (Å²) in [7, 11) is 8.30. The molecule has 0 amide bonds. The first-order valence-corrected chi connectivity index (χ1v) is 20.0. The minimum atomic E-state index is -1.57. The van der Waals surface area contributed by atoms with Crippen LogP contribution in [0.4, 0.5) is 0 Å². The summed E-state index contributed by atoms with van der Waals surface area (Å²) < 4.78 is 0. The molecule has 0 spiro atoms. The molecule has 0 nitrogen and oxygen atoms in total. The van der Waals surface area contributed by atoms with Gasteiger partial charge in [0.25, 0.3) is 0 Å². The molecule has 0 N–H and O–H groups in total. The second-order valence-electron chi connectivity index (χ2n) is 10.2. The van der Waals surface area contributed by atoms with Crippen LogP contribution >= 0.6 is 17.0 Å². The first kappa shape index (κ1) is 22.1. The van der Waals surface area contributed by atoms with Gasteiger partial charge in [-0.3, -0.25) is 0 Å². The van der Waals surface area contributed by atoms with Crippen molar-refractivity contribution < 1.29 is 20.8 Å². The van der Waals surface area contributed by atoms with Gasteiger partial charge >= 0.3 is 37.9 Å². The van der Waals surface area contributed by atoms with Gasteiger partial charge in [-0.15, -0.1) is 35.4 Å². The molecular weight excluding hydrogens is 490 g/mol. The zero-order chi connectivity index (χ0) is 21.1. The van der Waals surface area contributed by atoms with Crippen molar-refractivity contribution in [1.82, 2.24) is 0 Å². The molecule has 0 radical (unpaired) electrons. The summed E-state index contributed by atoms with van der Waals surface area (Å²) in [5.74, 6) is 4.68. The number of hydrogen-bond donors (Lipinski definition) is 0. The van der Waals surface area contributed by atoms with E-state index in [4.69, 9.17) is 17.0 Å². The monoisotopic (exact) mass is 518 g/mol. The summed E-state index contributed by atoms with van der Waals surface area (Å²) in [6.45, 7) is 15.3. The molecule has 4 atom stereocenters. The molecular formula is C25H30Cl2SiZr. The molecule has 29 heavy (non-hydrogen) atoms. The summed E-state index contributed by atoms with van der Waals surface area (Å²) in [5, 5.41) is 0. The van der Waals surface area contributed by atoms with Crippen LogP contribution in [0.15, 0.2) is 48.5 Å². The first-order chi connectivity index (χ1) is 13.7. The predicted molar refractivity (Wildman–Crippen MR) is 124 cm³/mol. The molecule has 2 aliphatic carbocycles. The van der Waals surface area contributed by atoms with Crippen molar-refractivity contribution in [3.05, 3.63) is 82.6 Å². The molecule has 152 valence electrons. The SMILES string of the molecule is C[C-]1c2ccccc2C2C1C(C)(C)C1[C-](C)c3ccccc3C1[Si]2(C)C.[Cl][Zr+2][Cl]. The van der Waals surface area contributed by atoms with E-state index in [1.807, 2.05) is 0 Å². The van der Waals surface area contributed by atoms with Gasteiger partial charge in [-0.05, 0) is 5.41 Å². The van der Waals surface area contributed by atoms with Crippen LogP contribution in [0.25, 0.3) is 0 Å². The van der Waals surface area contributed by atoms with E-state index in [9.17, 15) is 0 Å². The second kappa shape index (κ2) is 7.77. The van der Waals surface area contributed by atoms with Crippen LogP contribution in [-0.2, 0) is 20.8 Å². The van der Waals surface area contributed by atoms with Gasteiger partial charge in [0, 0.05) is 8.07 Å². The van der Waals surface area contributed by atoms with E-state index < -0.39 is 28.9 Å². The van der Waals surface area contributed by atoms with Gasteiger partial charge in [0.1, 0.15) is 0 Å². The zero-order valence-corrected chi connectivity index (χ0v) is 23.2. The Morgan fingerprint density at radius 3 is 1.52 bits per heavy atom. The van der Waals surface area contributed by atoms with Crippen molar-refractivity contribution in [1.29, 1.82) is 0 Å². The zero-order valence-electron chi connectivity index (χ0n) is 18.2. The molecule has 4 heteroatoms. The van der Waals surface area contributed by atoms with Gasteiger partial charge in [-0.25, -0.2) is 0 Å². The molecule has 0 aromatic heterocycles. The molecule has 2 aromatic rings. The van der Waals surface area contributed by atoms with Gasteiger partial charge in [0.05, 0.1) is 0 Å². The Bertz CT molecular complexity index is 840. The van der Waals surface area contributed by atoms with Crippen LogP contribution in [-0.4, -0.2) is 8.07 Å². The fourth-order valence-electron chi connectivity index (χ4n) is 7.47. The van der Waals surface area contributed by atoms with Gasteiger partial charge < -0.3 is 0 Å². The number of hydrogen-bond acceptors (Lipinski definition) is 0. The first-order valence-electron chi connectivity index (χ1n) is 10.5. The quantitative estimate of drug-likeness (QED) is 0.245. The molecule has 4 unspecified atom stereocenters. The fraction of sp³-hybridized carbons (Fsp3) is 0.440. The van der Waals surface area contributed by atoms with E-state index in [0.717, 1.165) is 11.1 Å². The Balaban J connectivity index is 0.000000645. The van der Waals surface area contributed by atoms with Crippen LogP contribution in [0, 0.1) is 29.1 Å². The predicted octanol–water partition coefficient (Wildman–Crippen LogP) is 7.90. The van der Waals surface area contributed by atoms with Gasteiger partial charge in [0.15, 0.2) is 0 Å². The van der Waals surface area contributed by atoms with E-state index in [1.54, 1.807) is 34.1 Å². The number of halogens is 2. The summed E-state index contributed by atoms with van der Waals surface area (Å²) in [6.07, 6.45) is 0. The fourth-order valence-corrected chi connectivity index (χ4v) is 13.0. The van der Waals surface area contributed by atoms with E-state index in [0.29, 0.717) is 17.3 Å². The van der Waals surface area contributed by atoms with E-state index in [1.165, 1.54) is 0 Å². The molecule has 3 aliphatic rings. The third-order valence-electron chi connectivity index (χ3n) is 8.25.